The lowest BCUT2D eigenvalue weighted by atomic mass is 10.1. The third-order valence-corrected chi connectivity index (χ3v) is 7.64. The van der Waals surface area contributed by atoms with E-state index in [2.05, 4.69) is 0 Å². The quantitative estimate of drug-likeness (QED) is 0.408. The van der Waals surface area contributed by atoms with Crippen LogP contribution in [-0.4, -0.2) is 22.4 Å². The molecule has 0 aliphatic carbocycles. The van der Waals surface area contributed by atoms with Crippen LogP contribution in [0.15, 0.2) is 11.5 Å². The van der Waals surface area contributed by atoms with Gasteiger partial charge in [0.15, 0.2) is 5.44 Å². The van der Waals surface area contributed by atoms with Crippen molar-refractivity contribution in [3.8, 4) is 0 Å². The van der Waals surface area contributed by atoms with Crippen molar-refractivity contribution in [3.05, 3.63) is 11.5 Å². The van der Waals surface area contributed by atoms with Crippen LogP contribution in [0.3, 0.4) is 0 Å². The summed E-state index contributed by atoms with van der Waals surface area (Å²) in [6.07, 6.45) is 7.20. The lowest BCUT2D eigenvalue weighted by Crippen LogP contribution is -2.10. The number of esters is 1. The van der Waals surface area contributed by atoms with Gasteiger partial charge >= 0.3 is 5.97 Å². The van der Waals surface area contributed by atoms with Crippen LogP contribution in [0.5, 0.6) is 0 Å². The van der Waals surface area contributed by atoms with Crippen molar-refractivity contribution in [2.75, 3.05) is 5.75 Å². The molecule has 2 nitrogen and oxygen atoms in total. The first kappa shape index (κ1) is 14.0. The van der Waals surface area contributed by atoms with Gasteiger partial charge in [0.2, 0.25) is 0 Å². The van der Waals surface area contributed by atoms with E-state index in [4.69, 9.17) is 4.74 Å². The summed E-state index contributed by atoms with van der Waals surface area (Å²) in [5, 5.41) is 2.79. The Bertz CT molecular complexity index is 277. The highest BCUT2D eigenvalue weighted by molar-refractivity contribution is 8.78. The van der Waals surface area contributed by atoms with Crippen LogP contribution in [0.4, 0.5) is 0 Å². The summed E-state index contributed by atoms with van der Waals surface area (Å²) < 4.78 is 5.29. The van der Waals surface area contributed by atoms with E-state index >= 15 is 0 Å². The molecule has 0 bridgehead atoms. The van der Waals surface area contributed by atoms with Gasteiger partial charge in [-0.2, -0.15) is 0 Å². The van der Waals surface area contributed by atoms with Crippen LogP contribution in [0, 0.1) is 0 Å². The monoisotopic (exact) mass is 308 g/mol. The molecule has 1 fully saturated rings. The molecular weight excluding hydrogens is 292 g/mol. The summed E-state index contributed by atoms with van der Waals surface area (Å²) in [5.74, 6) is 1.24. The van der Waals surface area contributed by atoms with Gasteiger partial charge < -0.3 is 4.74 Å². The van der Waals surface area contributed by atoms with Crippen LogP contribution in [-0.2, 0) is 9.53 Å². The third-order valence-electron chi connectivity index (χ3n) is 2.57. The summed E-state index contributed by atoms with van der Waals surface area (Å²) in [5.41, 5.74) is -0.0608. The van der Waals surface area contributed by atoms with E-state index < -0.39 is 0 Å². The lowest BCUT2D eigenvalue weighted by Gasteiger charge is -2.09. The first-order chi connectivity index (χ1) is 8.34. The average molecular weight is 309 g/mol. The molecular formula is C11H16O2S4. The van der Waals surface area contributed by atoms with Crippen molar-refractivity contribution in [1.82, 2.24) is 0 Å². The van der Waals surface area contributed by atoms with Crippen molar-refractivity contribution in [3.63, 3.8) is 0 Å². The molecule has 2 atom stereocenters. The minimum absolute atomic E-state index is 0.0527. The number of hydrogen-bond acceptors (Lipinski definition) is 6. The number of unbranched alkanes of at least 4 members (excludes halogenated alkanes) is 1. The molecule has 0 saturated carbocycles. The van der Waals surface area contributed by atoms with Gasteiger partial charge in [-0.1, -0.05) is 38.8 Å². The summed E-state index contributed by atoms with van der Waals surface area (Å²) in [4.78, 5) is 11.5. The number of rotatable bonds is 6. The van der Waals surface area contributed by atoms with Gasteiger partial charge in [-0.15, -0.1) is 0 Å². The Kier molecular flexibility index (Phi) is 6.53. The minimum atomic E-state index is -0.0608. The summed E-state index contributed by atoms with van der Waals surface area (Å²) in [6, 6.07) is 0. The van der Waals surface area contributed by atoms with Crippen molar-refractivity contribution in [2.45, 2.75) is 42.8 Å². The zero-order valence-corrected chi connectivity index (χ0v) is 12.8. The predicted octanol–water partition coefficient (Wildman–Crippen LogP) is 4.48. The molecule has 0 spiro atoms. The van der Waals surface area contributed by atoms with Crippen LogP contribution in [0.25, 0.3) is 0 Å². The molecule has 2 aliphatic heterocycles. The number of hydrogen-bond donors (Lipinski definition) is 0. The number of ether oxygens (including phenoxy) is 1. The fraction of sp³-hybridized carbons (Fsp3) is 0.727. The maximum absolute atomic E-state index is 11.5. The number of carbonyl (C=O) groups is 1. The predicted molar refractivity (Wildman–Crippen MR) is 81.1 cm³/mol. The van der Waals surface area contributed by atoms with Crippen LogP contribution < -0.4 is 0 Å². The molecule has 6 heteroatoms. The van der Waals surface area contributed by atoms with Crippen LogP contribution >= 0.6 is 43.2 Å². The van der Waals surface area contributed by atoms with Gasteiger partial charge in [-0.05, 0) is 41.5 Å². The van der Waals surface area contributed by atoms with E-state index in [9.17, 15) is 4.79 Å². The Morgan fingerprint density at radius 1 is 1.35 bits per heavy atom. The summed E-state index contributed by atoms with van der Waals surface area (Å²) >= 11 is 0. The molecule has 2 rings (SSSR count). The largest absolute Gasteiger partial charge is 0.446 e. The molecule has 2 heterocycles. The molecule has 0 amide bonds. The fourth-order valence-electron chi connectivity index (χ4n) is 1.67. The molecule has 2 aliphatic rings. The highest BCUT2D eigenvalue weighted by Crippen LogP contribution is 2.40. The maximum atomic E-state index is 11.5. The molecule has 2 unspecified atom stereocenters. The van der Waals surface area contributed by atoms with E-state index in [0.717, 1.165) is 18.1 Å². The Balaban J connectivity index is 1.49. The van der Waals surface area contributed by atoms with E-state index in [1.54, 1.807) is 21.6 Å². The van der Waals surface area contributed by atoms with Crippen molar-refractivity contribution in [2.24, 2.45) is 0 Å². The van der Waals surface area contributed by atoms with Crippen LogP contribution in [0.2, 0.25) is 0 Å². The first-order valence-corrected chi connectivity index (χ1v) is 10.5. The Labute approximate surface area is 118 Å². The minimum Gasteiger partial charge on any atom is -0.446 e. The zero-order chi connectivity index (χ0) is 11.9. The van der Waals surface area contributed by atoms with Gasteiger partial charge in [-0.25, -0.2) is 0 Å². The van der Waals surface area contributed by atoms with E-state index in [1.807, 2.05) is 33.1 Å². The SMILES string of the molecule is O=C(CCCCC1CCSS1)OC1C=CSS1. The molecule has 0 aromatic heterocycles. The van der Waals surface area contributed by atoms with Gasteiger partial charge in [-0.3, -0.25) is 4.79 Å². The molecule has 0 radical (unpaired) electrons. The lowest BCUT2D eigenvalue weighted by molar-refractivity contribution is -0.143. The topological polar surface area (TPSA) is 26.3 Å². The molecule has 96 valence electrons. The summed E-state index contributed by atoms with van der Waals surface area (Å²) in [6.45, 7) is 0. The van der Waals surface area contributed by atoms with Crippen molar-refractivity contribution < 1.29 is 9.53 Å². The standard InChI is InChI=1S/C11H16O2S4/c12-10(13-11-6-8-15-17-11)4-2-1-3-9-5-7-14-16-9/h6,8-9,11H,1-5,7H2. The maximum Gasteiger partial charge on any atom is 0.307 e. The van der Waals surface area contributed by atoms with Gasteiger partial charge in [0, 0.05) is 17.4 Å². The number of carbonyl (C=O) groups excluding carboxylic acids is 1. The van der Waals surface area contributed by atoms with Gasteiger partial charge in [0.05, 0.1) is 0 Å². The molecule has 1 saturated heterocycles. The highest BCUT2D eigenvalue weighted by Gasteiger charge is 2.17. The second-order valence-electron chi connectivity index (χ2n) is 3.95. The van der Waals surface area contributed by atoms with Crippen molar-refractivity contribution >= 4 is 49.1 Å². The second-order valence-corrected chi connectivity index (χ2v) is 9.02. The van der Waals surface area contributed by atoms with Crippen LogP contribution in [0.1, 0.15) is 32.1 Å². The van der Waals surface area contributed by atoms with E-state index in [0.29, 0.717) is 6.42 Å². The fourth-order valence-corrected chi connectivity index (χ4v) is 6.49. The van der Waals surface area contributed by atoms with Crippen molar-refractivity contribution in [1.29, 1.82) is 0 Å². The Morgan fingerprint density at radius 2 is 2.29 bits per heavy atom. The molecule has 0 aromatic carbocycles. The van der Waals surface area contributed by atoms with E-state index in [1.165, 1.54) is 18.6 Å². The van der Waals surface area contributed by atoms with Gasteiger partial charge in [0.1, 0.15) is 0 Å². The molecule has 17 heavy (non-hydrogen) atoms. The van der Waals surface area contributed by atoms with Gasteiger partial charge in [0.25, 0.3) is 0 Å². The third kappa shape index (κ3) is 5.41. The highest BCUT2D eigenvalue weighted by atomic mass is 33.1. The Morgan fingerprint density at radius 3 is 3.00 bits per heavy atom. The Hall–Kier alpha value is 0.610. The smallest absolute Gasteiger partial charge is 0.307 e. The first-order valence-electron chi connectivity index (χ1n) is 5.81. The second kappa shape index (κ2) is 7.92. The van der Waals surface area contributed by atoms with E-state index in [-0.39, 0.29) is 11.4 Å². The summed E-state index contributed by atoms with van der Waals surface area (Å²) in [7, 11) is 7.20. The zero-order valence-electron chi connectivity index (χ0n) is 9.50. The normalized spacial score (nSPS) is 27.5. The molecule has 0 N–H and O–H groups in total. The average Bonchev–Trinajstić information content (AvgIpc) is 2.96. The molecule has 0 aromatic rings.